The van der Waals surface area contributed by atoms with E-state index >= 15 is 0 Å². The summed E-state index contributed by atoms with van der Waals surface area (Å²) in [4.78, 5) is 13.8. The van der Waals surface area contributed by atoms with Crippen molar-refractivity contribution >= 4 is 11.6 Å². The molecule has 0 aromatic heterocycles. The molecule has 1 N–H and O–H groups in total. The van der Waals surface area contributed by atoms with Crippen molar-refractivity contribution in [1.29, 1.82) is 10.5 Å². The van der Waals surface area contributed by atoms with Crippen LogP contribution in [0.5, 0.6) is 0 Å². The van der Waals surface area contributed by atoms with Crippen LogP contribution < -0.4 is 5.32 Å². The number of carbonyl (C=O) groups excluding carboxylic acids is 1. The fourth-order valence-electron chi connectivity index (χ4n) is 1.49. The Hall–Kier alpha value is -2.37. The van der Waals surface area contributed by atoms with Crippen LogP contribution in [0, 0.1) is 22.7 Å². The van der Waals surface area contributed by atoms with E-state index in [0.29, 0.717) is 24.2 Å². The molecule has 1 aromatic rings. The molecule has 19 heavy (non-hydrogen) atoms. The summed E-state index contributed by atoms with van der Waals surface area (Å²) in [6.45, 7) is 2.34. The molecule has 5 nitrogen and oxygen atoms in total. The van der Waals surface area contributed by atoms with Crippen LogP contribution >= 0.6 is 0 Å². The average molecular weight is 256 g/mol. The second-order valence-electron chi connectivity index (χ2n) is 4.24. The van der Waals surface area contributed by atoms with Gasteiger partial charge in [-0.05, 0) is 38.2 Å². The number of benzene rings is 1. The van der Waals surface area contributed by atoms with Gasteiger partial charge in [0.15, 0.2) is 0 Å². The number of nitrogens with zero attached hydrogens (tertiary/aromatic N) is 3. The van der Waals surface area contributed by atoms with Gasteiger partial charge in [-0.2, -0.15) is 10.5 Å². The highest BCUT2D eigenvalue weighted by atomic mass is 16.2. The zero-order valence-electron chi connectivity index (χ0n) is 11.1. The summed E-state index contributed by atoms with van der Waals surface area (Å²) < 4.78 is 0. The van der Waals surface area contributed by atoms with Crippen molar-refractivity contribution in [2.45, 2.75) is 19.4 Å². The molecule has 0 spiro atoms. The average Bonchev–Trinajstić information content (AvgIpc) is 2.44. The third kappa shape index (κ3) is 4.42. The zero-order valence-corrected chi connectivity index (χ0v) is 11.1. The Morgan fingerprint density at radius 2 is 2.00 bits per heavy atom. The highest BCUT2D eigenvalue weighted by Crippen LogP contribution is 2.10. The zero-order chi connectivity index (χ0) is 14.3. The third-order valence-electron chi connectivity index (χ3n) is 2.90. The van der Waals surface area contributed by atoms with Gasteiger partial charge in [-0.15, -0.1) is 0 Å². The number of hydrogen-bond acceptors (Lipinski definition) is 4. The number of carbonyl (C=O) groups is 1. The van der Waals surface area contributed by atoms with Crippen LogP contribution in [0.15, 0.2) is 24.3 Å². The van der Waals surface area contributed by atoms with E-state index in [2.05, 4.69) is 11.4 Å². The fraction of sp³-hybridized carbons (Fsp3) is 0.357. The SMILES string of the molecule is CC(C(=O)Nc1ccc(C#N)cc1)N(C)CCC#N. The molecular formula is C14H16N4O. The Balaban J connectivity index is 2.58. The van der Waals surface area contributed by atoms with Crippen LogP contribution in [0.4, 0.5) is 5.69 Å². The van der Waals surface area contributed by atoms with Crippen LogP contribution in [-0.2, 0) is 4.79 Å². The summed E-state index contributed by atoms with van der Waals surface area (Å²) in [6, 6.07) is 10.4. The molecule has 1 atom stereocenters. The Morgan fingerprint density at radius 1 is 1.37 bits per heavy atom. The minimum absolute atomic E-state index is 0.134. The van der Waals surface area contributed by atoms with Crippen molar-refractivity contribution in [2.24, 2.45) is 0 Å². The third-order valence-corrected chi connectivity index (χ3v) is 2.90. The summed E-state index contributed by atoms with van der Waals surface area (Å²) in [5.41, 5.74) is 1.21. The molecule has 0 aliphatic rings. The normalized spacial score (nSPS) is 11.4. The van der Waals surface area contributed by atoms with Gasteiger partial charge >= 0.3 is 0 Å². The van der Waals surface area contributed by atoms with Crippen LogP contribution in [0.25, 0.3) is 0 Å². The van der Waals surface area contributed by atoms with Crippen molar-refractivity contribution in [2.75, 3.05) is 18.9 Å². The summed E-state index contributed by atoms with van der Waals surface area (Å²) >= 11 is 0. The largest absolute Gasteiger partial charge is 0.325 e. The Bertz CT molecular complexity index is 510. The lowest BCUT2D eigenvalue weighted by atomic mass is 10.2. The maximum atomic E-state index is 12.0. The summed E-state index contributed by atoms with van der Waals surface area (Å²) in [5.74, 6) is -0.134. The Labute approximate surface area is 113 Å². The van der Waals surface area contributed by atoms with Crippen LogP contribution in [0.2, 0.25) is 0 Å². The Kier molecular flexibility index (Phi) is 5.53. The number of likely N-dealkylation sites (N-methyl/N-ethyl adjacent to an activating group) is 1. The van der Waals surface area contributed by atoms with Gasteiger partial charge in [-0.1, -0.05) is 0 Å². The molecule has 0 bridgehead atoms. The topological polar surface area (TPSA) is 79.9 Å². The molecule has 1 rings (SSSR count). The minimum atomic E-state index is -0.316. The van der Waals surface area contributed by atoms with E-state index in [0.717, 1.165) is 0 Å². The van der Waals surface area contributed by atoms with Crippen molar-refractivity contribution in [1.82, 2.24) is 4.90 Å². The standard InChI is InChI=1S/C14H16N4O/c1-11(18(2)9-3-8-15)14(19)17-13-6-4-12(10-16)5-7-13/h4-7,11H,3,9H2,1-2H3,(H,17,19). The molecular weight excluding hydrogens is 240 g/mol. The van der Waals surface area contributed by atoms with Gasteiger partial charge in [0.05, 0.1) is 23.7 Å². The first-order chi connectivity index (χ1) is 9.08. The predicted octanol–water partition coefficient (Wildman–Crippen LogP) is 1.73. The maximum Gasteiger partial charge on any atom is 0.241 e. The molecule has 0 radical (unpaired) electrons. The van der Waals surface area contributed by atoms with Gasteiger partial charge in [-0.25, -0.2) is 0 Å². The molecule has 0 aliphatic heterocycles. The van der Waals surface area contributed by atoms with E-state index in [1.807, 2.05) is 11.0 Å². The molecule has 5 heteroatoms. The number of rotatable bonds is 5. The number of nitrogens with one attached hydrogen (secondary N) is 1. The number of amides is 1. The van der Waals surface area contributed by atoms with Crippen molar-refractivity contribution in [3.8, 4) is 12.1 Å². The first-order valence-electron chi connectivity index (χ1n) is 5.96. The summed E-state index contributed by atoms with van der Waals surface area (Å²) in [6.07, 6.45) is 0.394. The van der Waals surface area contributed by atoms with Gasteiger partial charge in [-0.3, -0.25) is 9.69 Å². The molecule has 0 saturated heterocycles. The second kappa shape index (κ2) is 7.15. The maximum absolute atomic E-state index is 12.0. The second-order valence-corrected chi connectivity index (χ2v) is 4.24. The van der Waals surface area contributed by atoms with Gasteiger partial charge in [0.1, 0.15) is 0 Å². The molecule has 1 aromatic carbocycles. The van der Waals surface area contributed by atoms with Crippen LogP contribution in [0.1, 0.15) is 18.9 Å². The monoisotopic (exact) mass is 256 g/mol. The fourth-order valence-corrected chi connectivity index (χ4v) is 1.49. The van der Waals surface area contributed by atoms with E-state index in [-0.39, 0.29) is 11.9 Å². The molecule has 98 valence electrons. The van der Waals surface area contributed by atoms with E-state index < -0.39 is 0 Å². The Morgan fingerprint density at radius 3 is 2.53 bits per heavy atom. The number of hydrogen-bond donors (Lipinski definition) is 1. The minimum Gasteiger partial charge on any atom is -0.325 e. The van der Waals surface area contributed by atoms with Crippen LogP contribution in [-0.4, -0.2) is 30.4 Å². The van der Waals surface area contributed by atoms with E-state index in [9.17, 15) is 4.79 Å². The number of nitriles is 2. The molecule has 1 amide bonds. The van der Waals surface area contributed by atoms with Crippen molar-refractivity contribution in [3.63, 3.8) is 0 Å². The lowest BCUT2D eigenvalue weighted by molar-refractivity contribution is -0.120. The molecule has 0 aliphatic carbocycles. The van der Waals surface area contributed by atoms with E-state index in [1.165, 1.54) is 0 Å². The van der Waals surface area contributed by atoms with E-state index in [1.54, 1.807) is 38.2 Å². The first kappa shape index (κ1) is 14.7. The lowest BCUT2D eigenvalue weighted by Gasteiger charge is -2.22. The number of anilines is 1. The molecule has 0 heterocycles. The highest BCUT2D eigenvalue weighted by molar-refractivity contribution is 5.94. The molecule has 0 saturated carbocycles. The quantitative estimate of drug-likeness (QED) is 0.870. The van der Waals surface area contributed by atoms with E-state index in [4.69, 9.17) is 10.5 Å². The van der Waals surface area contributed by atoms with Crippen molar-refractivity contribution in [3.05, 3.63) is 29.8 Å². The first-order valence-corrected chi connectivity index (χ1v) is 5.96. The van der Waals surface area contributed by atoms with Crippen molar-refractivity contribution < 1.29 is 4.79 Å². The van der Waals surface area contributed by atoms with Gasteiger partial charge in [0.2, 0.25) is 5.91 Å². The summed E-state index contributed by atoms with van der Waals surface area (Å²) in [7, 11) is 1.81. The van der Waals surface area contributed by atoms with Gasteiger partial charge in [0, 0.05) is 18.7 Å². The highest BCUT2D eigenvalue weighted by Gasteiger charge is 2.17. The lowest BCUT2D eigenvalue weighted by Crippen LogP contribution is -2.40. The molecule has 1 unspecified atom stereocenters. The predicted molar refractivity (Wildman–Crippen MR) is 72.1 cm³/mol. The summed E-state index contributed by atoms with van der Waals surface area (Å²) in [5, 5.41) is 20.0. The van der Waals surface area contributed by atoms with Gasteiger partial charge in [0.25, 0.3) is 0 Å². The molecule has 0 fully saturated rings. The van der Waals surface area contributed by atoms with Crippen LogP contribution in [0.3, 0.4) is 0 Å². The smallest absolute Gasteiger partial charge is 0.241 e. The van der Waals surface area contributed by atoms with Gasteiger partial charge < -0.3 is 5.32 Å².